The van der Waals surface area contributed by atoms with Crippen LogP contribution in [0.15, 0.2) is 22.7 Å². The molecule has 0 amide bonds. The summed E-state index contributed by atoms with van der Waals surface area (Å²) in [6, 6.07) is 4.08. The minimum absolute atomic E-state index is 0.0544. The standard InChI is InChI=1S/C14H19BrF3NO/c1-2-3-10(6-7-20)9-19-13-5-4-11(15)8-12(13)14(16,17)18/h4-5,8,10,19-20H,2-3,6-7,9H2,1H3. The van der Waals surface area contributed by atoms with Crippen LogP contribution in [0.5, 0.6) is 0 Å². The van der Waals surface area contributed by atoms with Gasteiger partial charge in [-0.25, -0.2) is 0 Å². The molecule has 1 rings (SSSR count). The summed E-state index contributed by atoms with van der Waals surface area (Å²) in [5.74, 6) is 0.176. The fourth-order valence-electron chi connectivity index (χ4n) is 2.10. The summed E-state index contributed by atoms with van der Waals surface area (Å²) in [5.41, 5.74) is -0.592. The highest BCUT2D eigenvalue weighted by atomic mass is 79.9. The number of anilines is 1. The predicted octanol–water partition coefficient (Wildman–Crippen LogP) is 4.68. The van der Waals surface area contributed by atoms with Gasteiger partial charge in [0.15, 0.2) is 0 Å². The minimum atomic E-state index is -4.39. The van der Waals surface area contributed by atoms with Crippen molar-refractivity contribution < 1.29 is 18.3 Å². The molecule has 0 aliphatic heterocycles. The van der Waals surface area contributed by atoms with Crippen LogP contribution in [0.25, 0.3) is 0 Å². The van der Waals surface area contributed by atoms with Gasteiger partial charge in [-0.2, -0.15) is 13.2 Å². The molecule has 6 heteroatoms. The lowest BCUT2D eigenvalue weighted by molar-refractivity contribution is -0.137. The Morgan fingerprint density at radius 3 is 2.55 bits per heavy atom. The summed E-state index contributed by atoms with van der Waals surface area (Å²) >= 11 is 3.06. The molecule has 0 spiro atoms. The van der Waals surface area contributed by atoms with E-state index in [0.29, 0.717) is 17.4 Å². The molecule has 1 aromatic carbocycles. The minimum Gasteiger partial charge on any atom is -0.396 e. The largest absolute Gasteiger partial charge is 0.418 e. The van der Waals surface area contributed by atoms with Gasteiger partial charge in [-0.1, -0.05) is 29.3 Å². The third-order valence-corrected chi connectivity index (χ3v) is 3.60. The second-order valence-electron chi connectivity index (χ2n) is 4.74. The molecule has 0 aromatic heterocycles. The average molecular weight is 354 g/mol. The molecular formula is C14H19BrF3NO. The molecule has 0 heterocycles. The van der Waals surface area contributed by atoms with Gasteiger partial charge in [0.1, 0.15) is 0 Å². The number of nitrogens with one attached hydrogen (secondary N) is 1. The lowest BCUT2D eigenvalue weighted by atomic mass is 10.00. The Morgan fingerprint density at radius 1 is 1.30 bits per heavy atom. The molecule has 2 nitrogen and oxygen atoms in total. The molecule has 0 bridgehead atoms. The van der Waals surface area contributed by atoms with Crippen LogP contribution in [0.1, 0.15) is 31.7 Å². The van der Waals surface area contributed by atoms with Crippen molar-refractivity contribution in [2.75, 3.05) is 18.5 Å². The highest BCUT2D eigenvalue weighted by molar-refractivity contribution is 9.10. The summed E-state index contributed by atoms with van der Waals surface area (Å²) in [5, 5.41) is 11.8. The molecule has 0 aliphatic carbocycles. The Bertz CT molecular complexity index is 417. The van der Waals surface area contributed by atoms with Crippen LogP contribution >= 0.6 is 15.9 Å². The van der Waals surface area contributed by atoms with Crippen LogP contribution in [-0.4, -0.2) is 18.3 Å². The molecule has 0 fully saturated rings. The van der Waals surface area contributed by atoms with Crippen LogP contribution in [0.4, 0.5) is 18.9 Å². The molecule has 0 saturated heterocycles. The van der Waals surface area contributed by atoms with Crippen LogP contribution < -0.4 is 5.32 Å². The number of rotatable bonds is 7. The van der Waals surface area contributed by atoms with Crippen molar-refractivity contribution >= 4 is 21.6 Å². The highest BCUT2D eigenvalue weighted by Crippen LogP contribution is 2.36. The molecule has 0 radical (unpaired) electrons. The van der Waals surface area contributed by atoms with Gasteiger partial charge in [-0.3, -0.25) is 0 Å². The zero-order valence-corrected chi connectivity index (χ0v) is 12.9. The molecule has 1 aromatic rings. The van der Waals surface area contributed by atoms with Crippen molar-refractivity contribution in [1.29, 1.82) is 0 Å². The summed E-state index contributed by atoms with van der Waals surface area (Å²) in [4.78, 5) is 0. The van der Waals surface area contributed by atoms with E-state index in [9.17, 15) is 13.2 Å². The monoisotopic (exact) mass is 353 g/mol. The Kier molecular flexibility index (Phi) is 6.82. The van der Waals surface area contributed by atoms with Crippen molar-refractivity contribution in [1.82, 2.24) is 0 Å². The van der Waals surface area contributed by atoms with Crippen molar-refractivity contribution in [2.24, 2.45) is 5.92 Å². The van der Waals surface area contributed by atoms with Crippen LogP contribution in [0.2, 0.25) is 0 Å². The van der Waals surface area contributed by atoms with E-state index in [1.807, 2.05) is 6.92 Å². The summed E-state index contributed by atoms with van der Waals surface area (Å²) < 4.78 is 39.2. The fraction of sp³-hybridized carbons (Fsp3) is 0.571. The number of alkyl halides is 3. The van der Waals surface area contributed by atoms with E-state index in [-0.39, 0.29) is 18.2 Å². The van der Waals surface area contributed by atoms with Crippen LogP contribution in [0.3, 0.4) is 0 Å². The number of halogens is 4. The Morgan fingerprint density at radius 2 is 2.00 bits per heavy atom. The number of benzene rings is 1. The average Bonchev–Trinajstić information content (AvgIpc) is 2.36. The molecule has 114 valence electrons. The third kappa shape index (κ3) is 5.32. The van der Waals surface area contributed by atoms with E-state index in [4.69, 9.17) is 5.11 Å². The maximum atomic E-state index is 12.9. The number of aliphatic hydroxyl groups is 1. The summed E-state index contributed by atoms with van der Waals surface area (Å²) in [6.45, 7) is 2.50. The first-order valence-electron chi connectivity index (χ1n) is 6.60. The van der Waals surface area contributed by atoms with Crippen molar-refractivity contribution in [3.8, 4) is 0 Å². The maximum absolute atomic E-state index is 12.9. The second kappa shape index (κ2) is 7.88. The Balaban J connectivity index is 2.81. The first kappa shape index (κ1) is 17.3. The lowest BCUT2D eigenvalue weighted by Crippen LogP contribution is -2.18. The number of hydrogen-bond acceptors (Lipinski definition) is 2. The van der Waals surface area contributed by atoms with Gasteiger partial charge in [0.05, 0.1) is 5.56 Å². The summed E-state index contributed by atoms with van der Waals surface area (Å²) in [7, 11) is 0. The molecular weight excluding hydrogens is 335 g/mol. The van der Waals surface area contributed by atoms with Crippen molar-refractivity contribution in [3.63, 3.8) is 0 Å². The van der Waals surface area contributed by atoms with Gasteiger partial charge in [-0.05, 0) is 37.0 Å². The third-order valence-electron chi connectivity index (χ3n) is 3.10. The smallest absolute Gasteiger partial charge is 0.396 e. The topological polar surface area (TPSA) is 32.3 Å². The number of aliphatic hydroxyl groups excluding tert-OH is 1. The second-order valence-corrected chi connectivity index (χ2v) is 5.65. The van der Waals surface area contributed by atoms with Gasteiger partial charge in [-0.15, -0.1) is 0 Å². The first-order valence-corrected chi connectivity index (χ1v) is 7.39. The fourth-order valence-corrected chi connectivity index (χ4v) is 2.46. The van der Waals surface area contributed by atoms with Gasteiger partial charge in [0.2, 0.25) is 0 Å². The first-order chi connectivity index (χ1) is 9.38. The van der Waals surface area contributed by atoms with Crippen LogP contribution in [-0.2, 0) is 6.18 Å². The van der Waals surface area contributed by atoms with Gasteiger partial charge < -0.3 is 10.4 Å². The molecule has 1 unspecified atom stereocenters. The van der Waals surface area contributed by atoms with E-state index in [1.54, 1.807) is 6.07 Å². The molecule has 1 atom stereocenters. The SMILES string of the molecule is CCCC(CCO)CNc1ccc(Br)cc1C(F)(F)F. The van der Waals surface area contributed by atoms with E-state index in [0.717, 1.165) is 18.9 Å². The molecule has 2 N–H and O–H groups in total. The Hall–Kier alpha value is -0.750. The van der Waals surface area contributed by atoms with Gasteiger partial charge in [0.25, 0.3) is 0 Å². The zero-order valence-electron chi connectivity index (χ0n) is 11.3. The highest BCUT2D eigenvalue weighted by Gasteiger charge is 2.33. The van der Waals surface area contributed by atoms with E-state index < -0.39 is 11.7 Å². The van der Waals surface area contributed by atoms with Crippen molar-refractivity contribution in [3.05, 3.63) is 28.2 Å². The van der Waals surface area contributed by atoms with E-state index >= 15 is 0 Å². The lowest BCUT2D eigenvalue weighted by Gasteiger charge is -2.19. The normalized spacial score (nSPS) is 13.3. The predicted molar refractivity (Wildman–Crippen MR) is 77.7 cm³/mol. The quantitative estimate of drug-likeness (QED) is 0.745. The van der Waals surface area contributed by atoms with E-state index in [2.05, 4.69) is 21.2 Å². The summed E-state index contributed by atoms with van der Waals surface area (Å²) in [6.07, 6.45) is -1.97. The van der Waals surface area contributed by atoms with E-state index in [1.165, 1.54) is 6.07 Å². The van der Waals surface area contributed by atoms with Gasteiger partial charge in [0, 0.05) is 23.3 Å². The number of hydrogen-bond donors (Lipinski definition) is 2. The maximum Gasteiger partial charge on any atom is 0.418 e. The zero-order chi connectivity index (χ0) is 15.2. The molecule has 0 saturated carbocycles. The van der Waals surface area contributed by atoms with Crippen LogP contribution in [0, 0.1) is 5.92 Å². The molecule has 0 aliphatic rings. The Labute approximate surface area is 125 Å². The van der Waals surface area contributed by atoms with Crippen molar-refractivity contribution in [2.45, 2.75) is 32.4 Å². The van der Waals surface area contributed by atoms with Gasteiger partial charge >= 0.3 is 6.18 Å². The molecule has 20 heavy (non-hydrogen) atoms.